The van der Waals surface area contributed by atoms with Gasteiger partial charge >= 0.3 is 0 Å². The maximum Gasteiger partial charge on any atom is 0.254 e. The Morgan fingerprint density at radius 3 is 2.32 bits per heavy atom. The summed E-state index contributed by atoms with van der Waals surface area (Å²) in [6, 6.07) is 16.8. The largest absolute Gasteiger partial charge is 0.457 e. The Bertz CT molecular complexity index is 938. The number of carbonyl (C=O) groups is 1. The van der Waals surface area contributed by atoms with Crippen LogP contribution in [0.4, 0.5) is 0 Å². The van der Waals surface area contributed by atoms with Crippen LogP contribution >= 0.6 is 0 Å². The second-order valence-corrected chi connectivity index (χ2v) is 9.56. The van der Waals surface area contributed by atoms with Crippen molar-refractivity contribution < 1.29 is 17.9 Å². The molecule has 0 bridgehead atoms. The summed E-state index contributed by atoms with van der Waals surface area (Å²) in [5.74, 6) is 1.88. The molecule has 1 atom stereocenters. The maximum atomic E-state index is 12.9. The topological polar surface area (TPSA) is 66.9 Å². The highest BCUT2D eigenvalue weighted by atomic mass is 32.2. The molecule has 2 saturated heterocycles. The van der Waals surface area contributed by atoms with Crippen LogP contribution in [0.1, 0.15) is 16.8 Å². The normalized spacial score (nSPS) is 22.1. The van der Waals surface area contributed by atoms with E-state index in [1.54, 1.807) is 12.1 Å². The van der Waals surface area contributed by atoms with Gasteiger partial charge in [0, 0.05) is 37.8 Å². The molecule has 6 nitrogen and oxygen atoms in total. The zero-order valence-electron chi connectivity index (χ0n) is 15.7. The number of para-hydroxylation sites is 1. The third-order valence-corrected chi connectivity index (χ3v) is 7.14. The molecule has 0 spiro atoms. The van der Waals surface area contributed by atoms with Crippen LogP contribution in [0.3, 0.4) is 0 Å². The van der Waals surface area contributed by atoms with Gasteiger partial charge in [-0.05, 0) is 36.8 Å². The highest BCUT2D eigenvalue weighted by Crippen LogP contribution is 2.23. The molecule has 28 heavy (non-hydrogen) atoms. The second kappa shape index (κ2) is 7.93. The third kappa shape index (κ3) is 4.36. The number of sulfone groups is 1. The Balaban J connectivity index is 1.37. The number of hydrogen-bond donors (Lipinski definition) is 0. The van der Waals surface area contributed by atoms with Crippen molar-refractivity contribution in [3.05, 3.63) is 60.2 Å². The van der Waals surface area contributed by atoms with Crippen LogP contribution in [0.5, 0.6) is 11.5 Å². The summed E-state index contributed by atoms with van der Waals surface area (Å²) in [7, 11) is -2.88. The fourth-order valence-corrected chi connectivity index (χ4v) is 5.61. The Morgan fingerprint density at radius 1 is 0.929 bits per heavy atom. The summed E-state index contributed by atoms with van der Waals surface area (Å²) in [5.41, 5.74) is 0.602. The summed E-state index contributed by atoms with van der Waals surface area (Å²) in [6.45, 7) is 2.65. The molecule has 4 rings (SSSR count). The summed E-state index contributed by atoms with van der Waals surface area (Å²) in [4.78, 5) is 16.9. The van der Waals surface area contributed by atoms with E-state index in [1.807, 2.05) is 47.4 Å². The number of nitrogens with zero attached hydrogens (tertiary/aromatic N) is 2. The Labute approximate surface area is 165 Å². The molecule has 2 fully saturated rings. The molecule has 0 aliphatic carbocycles. The molecule has 1 amide bonds. The molecule has 2 aliphatic rings. The van der Waals surface area contributed by atoms with E-state index < -0.39 is 9.84 Å². The van der Waals surface area contributed by atoms with Crippen LogP contribution < -0.4 is 4.74 Å². The molecule has 2 heterocycles. The van der Waals surface area contributed by atoms with Gasteiger partial charge in [-0.25, -0.2) is 8.42 Å². The quantitative estimate of drug-likeness (QED) is 0.789. The number of amides is 1. The van der Waals surface area contributed by atoms with Crippen molar-refractivity contribution in [2.24, 2.45) is 0 Å². The molecule has 2 aromatic rings. The number of carbonyl (C=O) groups excluding carboxylic acids is 1. The SMILES string of the molecule is O=C(c1cccc(Oc2ccccc2)c1)N1CCN([C@H]2CCS(=O)(=O)C2)CC1. The molecule has 0 N–H and O–H groups in total. The average molecular weight is 401 g/mol. The van der Waals surface area contributed by atoms with Gasteiger partial charge in [0.1, 0.15) is 11.5 Å². The Hall–Kier alpha value is -2.38. The van der Waals surface area contributed by atoms with Crippen molar-refractivity contribution in [1.82, 2.24) is 9.80 Å². The summed E-state index contributed by atoms with van der Waals surface area (Å²) in [6.07, 6.45) is 0.704. The minimum Gasteiger partial charge on any atom is -0.457 e. The molecule has 2 aliphatic heterocycles. The lowest BCUT2D eigenvalue weighted by atomic mass is 10.1. The van der Waals surface area contributed by atoms with E-state index in [2.05, 4.69) is 4.90 Å². The number of benzene rings is 2. The summed E-state index contributed by atoms with van der Waals surface area (Å²) < 4.78 is 29.2. The molecular weight excluding hydrogens is 376 g/mol. The number of ether oxygens (including phenoxy) is 1. The van der Waals surface area contributed by atoms with Gasteiger partial charge in [0.25, 0.3) is 5.91 Å². The lowest BCUT2D eigenvalue weighted by Crippen LogP contribution is -2.52. The summed E-state index contributed by atoms with van der Waals surface area (Å²) >= 11 is 0. The van der Waals surface area contributed by atoms with Crippen molar-refractivity contribution >= 4 is 15.7 Å². The second-order valence-electron chi connectivity index (χ2n) is 7.33. The zero-order valence-corrected chi connectivity index (χ0v) is 16.5. The van der Waals surface area contributed by atoms with E-state index in [-0.39, 0.29) is 23.5 Å². The molecule has 0 radical (unpaired) electrons. The standard InChI is InChI=1S/C21H24N2O4S/c24-21(17-5-4-8-20(15-17)27-19-6-2-1-3-7-19)23-12-10-22(11-13-23)18-9-14-28(25,26)16-18/h1-8,15,18H,9-14,16H2/t18-/m0/s1. The number of rotatable bonds is 4. The monoisotopic (exact) mass is 400 g/mol. The van der Waals surface area contributed by atoms with Gasteiger partial charge in [0.15, 0.2) is 9.84 Å². The van der Waals surface area contributed by atoms with Crippen LogP contribution in [0, 0.1) is 0 Å². The lowest BCUT2D eigenvalue weighted by Gasteiger charge is -2.37. The first-order chi connectivity index (χ1) is 13.5. The number of piperazine rings is 1. The first-order valence-electron chi connectivity index (χ1n) is 9.57. The van der Waals surface area contributed by atoms with E-state index in [9.17, 15) is 13.2 Å². The Kier molecular flexibility index (Phi) is 5.37. The first-order valence-corrected chi connectivity index (χ1v) is 11.4. The van der Waals surface area contributed by atoms with Crippen molar-refractivity contribution in [1.29, 1.82) is 0 Å². The van der Waals surface area contributed by atoms with E-state index in [4.69, 9.17) is 4.74 Å². The predicted molar refractivity (Wildman–Crippen MR) is 107 cm³/mol. The minimum absolute atomic E-state index is 0.0165. The van der Waals surface area contributed by atoms with E-state index in [0.717, 1.165) is 5.75 Å². The predicted octanol–water partition coefficient (Wildman–Crippen LogP) is 2.42. The van der Waals surface area contributed by atoms with Crippen LogP contribution in [-0.2, 0) is 9.84 Å². The van der Waals surface area contributed by atoms with Crippen LogP contribution in [0.2, 0.25) is 0 Å². The third-order valence-electron chi connectivity index (χ3n) is 5.39. The fraction of sp³-hybridized carbons (Fsp3) is 0.381. The van der Waals surface area contributed by atoms with E-state index in [0.29, 0.717) is 43.9 Å². The molecule has 0 unspecified atom stereocenters. The highest BCUT2D eigenvalue weighted by Gasteiger charge is 2.34. The minimum atomic E-state index is -2.88. The zero-order chi connectivity index (χ0) is 19.6. The molecule has 148 valence electrons. The van der Waals surface area contributed by atoms with Crippen LogP contribution in [-0.4, -0.2) is 67.9 Å². The van der Waals surface area contributed by atoms with Crippen LogP contribution in [0.25, 0.3) is 0 Å². The molecule has 2 aromatic carbocycles. The van der Waals surface area contributed by atoms with Gasteiger partial charge < -0.3 is 9.64 Å². The van der Waals surface area contributed by atoms with Crippen molar-refractivity contribution in [2.45, 2.75) is 12.5 Å². The lowest BCUT2D eigenvalue weighted by molar-refractivity contribution is 0.0587. The highest BCUT2D eigenvalue weighted by molar-refractivity contribution is 7.91. The van der Waals surface area contributed by atoms with Crippen LogP contribution in [0.15, 0.2) is 54.6 Å². The average Bonchev–Trinajstić information content (AvgIpc) is 3.08. The smallest absolute Gasteiger partial charge is 0.254 e. The Morgan fingerprint density at radius 2 is 1.64 bits per heavy atom. The summed E-state index contributed by atoms with van der Waals surface area (Å²) in [5, 5.41) is 0. The molecule has 0 saturated carbocycles. The van der Waals surface area contributed by atoms with Crippen molar-refractivity contribution in [3.63, 3.8) is 0 Å². The number of hydrogen-bond acceptors (Lipinski definition) is 5. The fourth-order valence-electron chi connectivity index (χ4n) is 3.85. The molecule has 0 aromatic heterocycles. The molecule has 7 heteroatoms. The van der Waals surface area contributed by atoms with Crippen molar-refractivity contribution in [2.75, 3.05) is 37.7 Å². The van der Waals surface area contributed by atoms with Gasteiger partial charge in [0.2, 0.25) is 0 Å². The van der Waals surface area contributed by atoms with E-state index >= 15 is 0 Å². The van der Waals surface area contributed by atoms with Gasteiger partial charge in [-0.15, -0.1) is 0 Å². The van der Waals surface area contributed by atoms with Gasteiger partial charge in [-0.3, -0.25) is 9.69 Å². The van der Waals surface area contributed by atoms with Gasteiger partial charge in [0.05, 0.1) is 11.5 Å². The van der Waals surface area contributed by atoms with Crippen molar-refractivity contribution in [3.8, 4) is 11.5 Å². The molecular formula is C21H24N2O4S. The maximum absolute atomic E-state index is 12.9. The van der Waals surface area contributed by atoms with E-state index in [1.165, 1.54) is 0 Å². The van der Waals surface area contributed by atoms with Gasteiger partial charge in [-0.1, -0.05) is 24.3 Å². The first kappa shape index (κ1) is 19.0. The van der Waals surface area contributed by atoms with Gasteiger partial charge in [-0.2, -0.15) is 0 Å².